The van der Waals surface area contributed by atoms with Crippen molar-refractivity contribution < 1.29 is 13.6 Å². The fourth-order valence-electron chi connectivity index (χ4n) is 3.42. The van der Waals surface area contributed by atoms with E-state index in [1.807, 2.05) is 18.2 Å². The third kappa shape index (κ3) is 3.27. The lowest BCUT2D eigenvalue weighted by molar-refractivity contribution is 0.0537. The molecule has 1 amide bonds. The van der Waals surface area contributed by atoms with E-state index in [2.05, 4.69) is 22.1 Å². The molecule has 4 rings (SSSR count). The molecule has 6 nitrogen and oxygen atoms in total. The second-order valence-electron chi connectivity index (χ2n) is 6.60. The van der Waals surface area contributed by atoms with E-state index in [1.54, 1.807) is 18.0 Å². The van der Waals surface area contributed by atoms with Crippen molar-refractivity contribution in [2.24, 2.45) is 0 Å². The molecule has 0 N–H and O–H groups in total. The predicted octanol–water partition coefficient (Wildman–Crippen LogP) is 3.93. The lowest BCUT2D eigenvalue weighted by Gasteiger charge is -2.33. The highest BCUT2D eigenvalue weighted by molar-refractivity contribution is 5.92. The third-order valence-corrected chi connectivity index (χ3v) is 4.78. The summed E-state index contributed by atoms with van der Waals surface area (Å²) < 4.78 is 11.3. The molecule has 2 aromatic heterocycles. The van der Waals surface area contributed by atoms with Crippen molar-refractivity contribution in [2.45, 2.75) is 38.6 Å². The summed E-state index contributed by atoms with van der Waals surface area (Å²) in [5.74, 6) is 1.56. The van der Waals surface area contributed by atoms with Gasteiger partial charge >= 0.3 is 0 Å². The van der Waals surface area contributed by atoms with Crippen LogP contribution in [0.15, 0.2) is 51.8 Å². The van der Waals surface area contributed by atoms with Gasteiger partial charge in [0.1, 0.15) is 11.8 Å². The van der Waals surface area contributed by atoms with Crippen molar-refractivity contribution in [1.29, 1.82) is 0 Å². The second-order valence-corrected chi connectivity index (χ2v) is 6.60. The summed E-state index contributed by atoms with van der Waals surface area (Å²) >= 11 is 0. The Balaban J connectivity index is 1.55. The molecular weight excluding hydrogens is 330 g/mol. The summed E-state index contributed by atoms with van der Waals surface area (Å²) in [6, 6.07) is 9.97. The molecule has 0 bridgehead atoms. The Bertz CT molecular complexity index is 885. The number of carbonyl (C=O) groups is 1. The number of hydrogen-bond donors (Lipinski definition) is 0. The molecule has 1 aliphatic rings. The van der Waals surface area contributed by atoms with E-state index in [4.69, 9.17) is 8.83 Å². The van der Waals surface area contributed by atoms with Crippen molar-refractivity contribution in [2.75, 3.05) is 6.54 Å². The molecule has 0 saturated carbocycles. The Morgan fingerprint density at radius 1 is 1.23 bits per heavy atom. The average molecular weight is 351 g/mol. The highest BCUT2D eigenvalue weighted by atomic mass is 16.4. The lowest BCUT2D eigenvalue weighted by Crippen LogP contribution is -2.38. The van der Waals surface area contributed by atoms with Gasteiger partial charge in [0.2, 0.25) is 11.7 Å². The zero-order valence-corrected chi connectivity index (χ0v) is 14.7. The van der Waals surface area contributed by atoms with Gasteiger partial charge in [-0.25, -0.2) is 9.97 Å². The van der Waals surface area contributed by atoms with Crippen molar-refractivity contribution >= 4 is 5.91 Å². The van der Waals surface area contributed by atoms with Crippen LogP contribution < -0.4 is 0 Å². The van der Waals surface area contributed by atoms with Crippen LogP contribution in [0.2, 0.25) is 0 Å². The maximum Gasteiger partial charge on any atom is 0.292 e. The quantitative estimate of drug-likeness (QED) is 0.712. The first-order valence-corrected chi connectivity index (χ1v) is 8.92. The molecule has 3 aromatic rings. The zero-order valence-electron chi connectivity index (χ0n) is 14.7. The minimum atomic E-state index is -0.162. The molecular formula is C20H21N3O3. The maximum absolute atomic E-state index is 12.9. The summed E-state index contributed by atoms with van der Waals surface area (Å²) in [6.07, 6.45) is 6.61. The number of oxazole rings is 2. The predicted molar refractivity (Wildman–Crippen MR) is 94.6 cm³/mol. The Kier molecular flexibility index (Phi) is 4.56. The van der Waals surface area contributed by atoms with Crippen molar-refractivity contribution in [3.8, 4) is 0 Å². The van der Waals surface area contributed by atoms with E-state index >= 15 is 0 Å². The molecule has 0 unspecified atom stereocenters. The van der Waals surface area contributed by atoms with Gasteiger partial charge in [0, 0.05) is 13.0 Å². The molecule has 134 valence electrons. The van der Waals surface area contributed by atoms with Crippen LogP contribution in [-0.2, 0) is 6.42 Å². The SMILES string of the molecule is Cc1ncoc1C(=O)N1CCCC[C@H]1c1ncc(Cc2ccccc2)o1. The fraction of sp³-hybridized carbons (Fsp3) is 0.350. The topological polar surface area (TPSA) is 72.4 Å². The van der Waals surface area contributed by atoms with Gasteiger partial charge in [-0.3, -0.25) is 4.79 Å². The van der Waals surface area contributed by atoms with Crippen molar-refractivity contribution in [1.82, 2.24) is 14.9 Å². The number of rotatable bonds is 4. The van der Waals surface area contributed by atoms with E-state index in [1.165, 1.54) is 12.0 Å². The first-order chi connectivity index (χ1) is 12.7. The number of piperidine rings is 1. The van der Waals surface area contributed by atoms with E-state index in [-0.39, 0.29) is 11.9 Å². The first kappa shape index (κ1) is 16.6. The monoisotopic (exact) mass is 351 g/mol. The molecule has 3 heterocycles. The smallest absolute Gasteiger partial charge is 0.292 e. The molecule has 0 aliphatic carbocycles. The van der Waals surface area contributed by atoms with Gasteiger partial charge < -0.3 is 13.7 Å². The number of carbonyl (C=O) groups excluding carboxylic acids is 1. The zero-order chi connectivity index (χ0) is 17.9. The molecule has 1 atom stereocenters. The highest BCUT2D eigenvalue weighted by Crippen LogP contribution is 2.32. The van der Waals surface area contributed by atoms with Crippen molar-refractivity contribution in [3.05, 3.63) is 71.6 Å². The summed E-state index contributed by atoms with van der Waals surface area (Å²) in [5.41, 5.74) is 1.78. The fourth-order valence-corrected chi connectivity index (χ4v) is 3.42. The molecule has 6 heteroatoms. The summed E-state index contributed by atoms with van der Waals surface area (Å²) in [6.45, 7) is 2.44. The van der Waals surface area contributed by atoms with Gasteiger partial charge in [0.05, 0.1) is 11.9 Å². The molecule has 0 spiro atoms. The Morgan fingerprint density at radius 2 is 2.08 bits per heavy atom. The number of benzene rings is 1. The van der Waals surface area contributed by atoms with Gasteiger partial charge in [-0.2, -0.15) is 0 Å². The number of aromatic nitrogens is 2. The van der Waals surface area contributed by atoms with Gasteiger partial charge in [-0.15, -0.1) is 0 Å². The largest absolute Gasteiger partial charge is 0.443 e. The number of amides is 1. The van der Waals surface area contributed by atoms with E-state index < -0.39 is 0 Å². The Hall–Kier alpha value is -2.89. The van der Waals surface area contributed by atoms with Crippen LogP contribution in [0.5, 0.6) is 0 Å². The summed E-state index contributed by atoms with van der Waals surface area (Å²) in [5, 5.41) is 0. The van der Waals surface area contributed by atoms with Crippen LogP contribution in [0.25, 0.3) is 0 Å². The van der Waals surface area contributed by atoms with Crippen LogP contribution in [0.3, 0.4) is 0 Å². The van der Waals surface area contributed by atoms with Gasteiger partial charge in [0.15, 0.2) is 6.39 Å². The van der Waals surface area contributed by atoms with Crippen molar-refractivity contribution in [3.63, 3.8) is 0 Å². The number of likely N-dealkylation sites (tertiary alicyclic amines) is 1. The van der Waals surface area contributed by atoms with Crippen LogP contribution in [0.1, 0.15) is 58.8 Å². The highest BCUT2D eigenvalue weighted by Gasteiger charge is 2.34. The van der Waals surface area contributed by atoms with Gasteiger partial charge in [-0.1, -0.05) is 30.3 Å². The van der Waals surface area contributed by atoms with E-state index in [0.29, 0.717) is 30.3 Å². The summed E-state index contributed by atoms with van der Waals surface area (Å²) in [7, 11) is 0. The number of aryl methyl sites for hydroxylation is 1. The molecule has 1 fully saturated rings. The third-order valence-electron chi connectivity index (χ3n) is 4.78. The molecule has 26 heavy (non-hydrogen) atoms. The molecule has 1 saturated heterocycles. The molecule has 1 aromatic carbocycles. The Labute approximate surface area is 151 Å². The van der Waals surface area contributed by atoms with Crippen LogP contribution in [0.4, 0.5) is 0 Å². The van der Waals surface area contributed by atoms with Crippen LogP contribution in [0, 0.1) is 6.92 Å². The average Bonchev–Trinajstić information content (AvgIpc) is 3.31. The Morgan fingerprint density at radius 3 is 2.85 bits per heavy atom. The standard InChI is InChI=1S/C20H21N3O3/c1-14-18(25-13-22-14)20(24)23-10-6-5-9-17(23)19-21-12-16(26-19)11-15-7-3-2-4-8-15/h2-4,7-8,12-13,17H,5-6,9-11H2,1H3/t17-/m0/s1. The number of hydrogen-bond acceptors (Lipinski definition) is 5. The summed E-state index contributed by atoms with van der Waals surface area (Å²) in [4.78, 5) is 23.2. The van der Waals surface area contributed by atoms with Crippen LogP contribution in [-0.4, -0.2) is 27.3 Å². The number of nitrogens with zero attached hydrogens (tertiary/aromatic N) is 3. The first-order valence-electron chi connectivity index (χ1n) is 8.92. The van der Waals surface area contributed by atoms with E-state index in [9.17, 15) is 4.79 Å². The van der Waals surface area contributed by atoms with Gasteiger partial charge in [0.25, 0.3) is 5.91 Å². The van der Waals surface area contributed by atoms with E-state index in [0.717, 1.165) is 25.0 Å². The van der Waals surface area contributed by atoms with Crippen LogP contribution >= 0.6 is 0 Å². The second kappa shape index (κ2) is 7.15. The normalized spacial score (nSPS) is 17.4. The minimum absolute atomic E-state index is 0.146. The molecule has 1 aliphatic heterocycles. The molecule has 0 radical (unpaired) electrons. The lowest BCUT2D eigenvalue weighted by atomic mass is 10.0. The van der Waals surface area contributed by atoms with Gasteiger partial charge in [-0.05, 0) is 31.7 Å². The maximum atomic E-state index is 12.9. The minimum Gasteiger partial charge on any atom is -0.443 e.